The number of oxazole rings is 1. The molecule has 2 aromatic heterocycles. The summed E-state index contributed by atoms with van der Waals surface area (Å²) in [5.41, 5.74) is 2.47. The van der Waals surface area contributed by atoms with Crippen molar-refractivity contribution in [1.29, 1.82) is 0 Å². The van der Waals surface area contributed by atoms with Gasteiger partial charge in [0.1, 0.15) is 0 Å². The third-order valence-electron chi connectivity index (χ3n) is 6.82. The SMILES string of the molecule is O=S(=O)(c1ccccc1)c1nc(-c2cccs2)oc1N1CCN(C(c2ccccc2)c2ccccc2)CC1. The van der Waals surface area contributed by atoms with Crippen LogP contribution in [0.5, 0.6) is 0 Å². The molecule has 5 aromatic rings. The maximum Gasteiger partial charge on any atom is 0.240 e. The van der Waals surface area contributed by atoms with Crippen LogP contribution in [0, 0.1) is 0 Å². The van der Waals surface area contributed by atoms with E-state index < -0.39 is 9.84 Å². The van der Waals surface area contributed by atoms with Crippen LogP contribution in [-0.4, -0.2) is 44.5 Å². The zero-order valence-electron chi connectivity index (χ0n) is 20.7. The molecule has 3 heterocycles. The molecule has 1 aliphatic heterocycles. The summed E-state index contributed by atoms with van der Waals surface area (Å²) in [6.45, 7) is 2.72. The van der Waals surface area contributed by atoms with Crippen molar-refractivity contribution >= 4 is 27.1 Å². The van der Waals surface area contributed by atoms with Crippen LogP contribution in [0.3, 0.4) is 0 Å². The first-order valence-corrected chi connectivity index (χ1v) is 14.9. The van der Waals surface area contributed by atoms with Gasteiger partial charge in [-0.25, -0.2) is 8.42 Å². The molecule has 1 aliphatic rings. The lowest BCUT2D eigenvalue weighted by molar-refractivity contribution is 0.209. The van der Waals surface area contributed by atoms with Gasteiger partial charge < -0.3 is 9.32 Å². The van der Waals surface area contributed by atoms with Crippen LogP contribution in [0.25, 0.3) is 10.8 Å². The monoisotopic (exact) mass is 541 g/mol. The van der Waals surface area contributed by atoms with E-state index in [1.54, 1.807) is 30.3 Å². The normalized spacial score (nSPS) is 14.7. The van der Waals surface area contributed by atoms with Gasteiger partial charge in [0.25, 0.3) is 0 Å². The fourth-order valence-corrected chi connectivity index (χ4v) is 6.95. The highest BCUT2D eigenvalue weighted by Crippen LogP contribution is 2.37. The lowest BCUT2D eigenvalue weighted by Crippen LogP contribution is -2.48. The minimum atomic E-state index is -3.86. The number of hydrogen-bond acceptors (Lipinski definition) is 7. The molecule has 0 N–H and O–H groups in total. The highest BCUT2D eigenvalue weighted by molar-refractivity contribution is 7.91. The molecule has 0 aliphatic carbocycles. The molecule has 0 spiro atoms. The van der Waals surface area contributed by atoms with Crippen LogP contribution >= 0.6 is 11.3 Å². The number of hydrogen-bond donors (Lipinski definition) is 0. The summed E-state index contributed by atoms with van der Waals surface area (Å²) in [7, 11) is -3.86. The largest absolute Gasteiger partial charge is 0.418 e. The van der Waals surface area contributed by atoms with Crippen molar-refractivity contribution in [1.82, 2.24) is 9.88 Å². The van der Waals surface area contributed by atoms with Crippen molar-refractivity contribution in [2.24, 2.45) is 0 Å². The van der Waals surface area contributed by atoms with Crippen molar-refractivity contribution in [3.05, 3.63) is 120 Å². The standard InChI is InChI=1S/C30H27N3O3S2/c34-38(35,25-15-8-3-9-16-25)29-30(36-28(31-29)26-17-10-22-37-26)33-20-18-32(19-21-33)27(23-11-4-1-5-12-23)24-13-6-2-7-14-24/h1-17,22,27H,18-21H2. The number of anilines is 1. The van der Waals surface area contributed by atoms with Crippen molar-refractivity contribution in [3.8, 4) is 10.8 Å². The maximum absolute atomic E-state index is 13.7. The molecule has 192 valence electrons. The van der Waals surface area contributed by atoms with E-state index in [1.807, 2.05) is 34.5 Å². The fraction of sp³-hybridized carbons (Fsp3) is 0.167. The summed E-state index contributed by atoms with van der Waals surface area (Å²) in [6, 6.07) is 33.4. The van der Waals surface area contributed by atoms with Crippen molar-refractivity contribution in [3.63, 3.8) is 0 Å². The van der Waals surface area contributed by atoms with Crippen molar-refractivity contribution < 1.29 is 12.8 Å². The molecule has 0 unspecified atom stereocenters. The minimum Gasteiger partial charge on any atom is -0.418 e. The molecule has 38 heavy (non-hydrogen) atoms. The smallest absolute Gasteiger partial charge is 0.240 e. The van der Waals surface area contributed by atoms with Gasteiger partial charge in [0.05, 0.1) is 15.8 Å². The van der Waals surface area contributed by atoms with Gasteiger partial charge in [-0.05, 0) is 34.7 Å². The Morgan fingerprint density at radius 3 is 1.87 bits per heavy atom. The molecule has 0 amide bonds. The summed E-state index contributed by atoms with van der Waals surface area (Å²) in [5, 5.41) is 1.90. The minimum absolute atomic E-state index is 0.0248. The number of benzene rings is 3. The molecule has 8 heteroatoms. The van der Waals surface area contributed by atoms with Crippen LogP contribution in [-0.2, 0) is 9.84 Å². The van der Waals surface area contributed by atoms with E-state index in [-0.39, 0.29) is 16.0 Å². The van der Waals surface area contributed by atoms with Gasteiger partial charge in [-0.15, -0.1) is 11.3 Å². The number of nitrogens with zero attached hydrogens (tertiary/aromatic N) is 3. The Morgan fingerprint density at radius 2 is 1.32 bits per heavy atom. The second kappa shape index (κ2) is 10.6. The van der Waals surface area contributed by atoms with Crippen LogP contribution < -0.4 is 4.90 Å². The first kappa shape index (κ1) is 24.6. The summed E-state index contributed by atoms with van der Waals surface area (Å²) >= 11 is 1.47. The van der Waals surface area contributed by atoms with Gasteiger partial charge >= 0.3 is 0 Å². The van der Waals surface area contributed by atoms with Gasteiger partial charge in [-0.2, -0.15) is 4.98 Å². The molecule has 6 rings (SSSR count). The van der Waals surface area contributed by atoms with E-state index in [4.69, 9.17) is 4.42 Å². The lowest BCUT2D eigenvalue weighted by atomic mass is 9.96. The highest BCUT2D eigenvalue weighted by atomic mass is 32.2. The van der Waals surface area contributed by atoms with Gasteiger partial charge in [-0.3, -0.25) is 4.90 Å². The van der Waals surface area contributed by atoms with Crippen molar-refractivity contribution in [2.75, 3.05) is 31.1 Å². The lowest BCUT2D eigenvalue weighted by Gasteiger charge is -2.39. The van der Waals surface area contributed by atoms with E-state index in [9.17, 15) is 8.42 Å². The van der Waals surface area contributed by atoms with Crippen LogP contribution in [0.1, 0.15) is 17.2 Å². The summed E-state index contributed by atoms with van der Waals surface area (Å²) in [4.78, 5) is 10.00. The van der Waals surface area contributed by atoms with Gasteiger partial charge in [0, 0.05) is 26.2 Å². The third kappa shape index (κ3) is 4.78. The molecule has 1 saturated heterocycles. The molecule has 3 aromatic carbocycles. The molecule has 0 saturated carbocycles. The van der Waals surface area contributed by atoms with Crippen molar-refractivity contribution in [2.45, 2.75) is 16.0 Å². The summed E-state index contributed by atoms with van der Waals surface area (Å²) in [6.07, 6.45) is 0. The molecular weight excluding hydrogens is 514 g/mol. The first-order valence-electron chi connectivity index (χ1n) is 12.5. The predicted octanol–water partition coefficient (Wildman–Crippen LogP) is 6.15. The molecule has 6 nitrogen and oxygen atoms in total. The number of thiophene rings is 1. The number of rotatable bonds is 7. The van der Waals surface area contributed by atoms with Crippen LogP contribution in [0.4, 0.5) is 5.88 Å². The van der Waals surface area contributed by atoms with E-state index in [1.165, 1.54) is 22.5 Å². The quantitative estimate of drug-likeness (QED) is 0.246. The molecule has 0 radical (unpaired) electrons. The summed E-state index contributed by atoms with van der Waals surface area (Å²) in [5.74, 6) is 0.645. The van der Waals surface area contributed by atoms with E-state index in [2.05, 4.69) is 58.4 Å². The summed E-state index contributed by atoms with van der Waals surface area (Å²) < 4.78 is 33.5. The average Bonchev–Trinajstić information content (AvgIpc) is 3.67. The fourth-order valence-electron chi connectivity index (χ4n) is 4.96. The maximum atomic E-state index is 13.7. The molecule has 0 bridgehead atoms. The Kier molecular flexibility index (Phi) is 6.84. The Hall–Kier alpha value is -3.72. The van der Waals surface area contributed by atoms with E-state index in [0.717, 1.165) is 18.0 Å². The zero-order valence-corrected chi connectivity index (χ0v) is 22.3. The number of piperazine rings is 1. The van der Waals surface area contributed by atoms with Crippen LogP contribution in [0.2, 0.25) is 0 Å². The Bertz CT molecular complexity index is 1540. The van der Waals surface area contributed by atoms with E-state index in [0.29, 0.717) is 24.9 Å². The van der Waals surface area contributed by atoms with Gasteiger partial charge in [0.2, 0.25) is 26.6 Å². The first-order chi connectivity index (χ1) is 18.6. The Balaban J connectivity index is 1.32. The number of sulfone groups is 1. The second-order valence-electron chi connectivity index (χ2n) is 9.17. The molecular formula is C30H27N3O3S2. The van der Waals surface area contributed by atoms with Crippen LogP contribution in [0.15, 0.2) is 123 Å². The Morgan fingerprint density at radius 1 is 0.737 bits per heavy atom. The van der Waals surface area contributed by atoms with E-state index >= 15 is 0 Å². The van der Waals surface area contributed by atoms with Gasteiger partial charge in [0.15, 0.2) is 0 Å². The Labute approximate surface area is 226 Å². The predicted molar refractivity (Wildman–Crippen MR) is 150 cm³/mol. The zero-order chi connectivity index (χ0) is 26.0. The molecule has 1 fully saturated rings. The highest BCUT2D eigenvalue weighted by Gasteiger charge is 2.34. The average molecular weight is 542 g/mol. The van der Waals surface area contributed by atoms with Gasteiger partial charge in [-0.1, -0.05) is 84.9 Å². The topological polar surface area (TPSA) is 66.7 Å². The number of aromatic nitrogens is 1. The third-order valence-corrected chi connectivity index (χ3v) is 9.34. The molecule has 0 atom stereocenters. The second-order valence-corrected chi connectivity index (χ2v) is 12.0.